The molecule has 1 aliphatic heterocycles. The second-order valence-corrected chi connectivity index (χ2v) is 4.04. The Labute approximate surface area is 113 Å². The van der Waals surface area contributed by atoms with E-state index in [1.807, 2.05) is 6.92 Å². The number of rotatable bonds is 4. The lowest BCUT2D eigenvalue weighted by Gasteiger charge is -2.16. The van der Waals surface area contributed by atoms with Gasteiger partial charge in [-0.15, -0.1) is 13.2 Å². The monoisotopic (exact) mass is 290 g/mol. The van der Waals surface area contributed by atoms with Gasteiger partial charge in [0.25, 0.3) is 5.91 Å². The third-order valence-corrected chi connectivity index (χ3v) is 2.61. The van der Waals surface area contributed by atoms with E-state index < -0.39 is 12.6 Å². The van der Waals surface area contributed by atoms with Crippen molar-refractivity contribution in [1.82, 2.24) is 5.32 Å². The Morgan fingerprint density at radius 1 is 1.50 bits per heavy atom. The van der Waals surface area contributed by atoms with Gasteiger partial charge in [0.1, 0.15) is 12.5 Å². The van der Waals surface area contributed by atoms with Gasteiger partial charge in [-0.25, -0.2) is 0 Å². The van der Waals surface area contributed by atoms with Gasteiger partial charge in [0.15, 0.2) is 6.23 Å². The van der Waals surface area contributed by atoms with Crippen molar-refractivity contribution in [3.8, 4) is 5.75 Å². The van der Waals surface area contributed by atoms with Gasteiger partial charge < -0.3 is 9.47 Å². The SMILES string of the molecule is CCNC1OCN(c2cccc(OC(F)(F)F)c2)C1=O. The molecular weight excluding hydrogens is 277 g/mol. The van der Waals surface area contributed by atoms with Crippen molar-refractivity contribution in [2.24, 2.45) is 0 Å². The molecule has 0 saturated carbocycles. The number of benzene rings is 1. The van der Waals surface area contributed by atoms with Crippen LogP contribution >= 0.6 is 0 Å². The minimum absolute atomic E-state index is 0.0219. The molecule has 20 heavy (non-hydrogen) atoms. The van der Waals surface area contributed by atoms with Crippen LogP contribution in [-0.2, 0) is 9.53 Å². The van der Waals surface area contributed by atoms with Crippen molar-refractivity contribution in [2.45, 2.75) is 19.5 Å². The summed E-state index contributed by atoms with van der Waals surface area (Å²) in [5, 5.41) is 2.82. The van der Waals surface area contributed by atoms with Crippen LogP contribution in [0.5, 0.6) is 5.75 Å². The molecule has 1 aromatic carbocycles. The second-order valence-electron chi connectivity index (χ2n) is 4.04. The van der Waals surface area contributed by atoms with Gasteiger partial charge in [0.05, 0.1) is 0 Å². The summed E-state index contributed by atoms with van der Waals surface area (Å²) in [5.41, 5.74) is 0.289. The van der Waals surface area contributed by atoms with Crippen molar-refractivity contribution in [2.75, 3.05) is 18.2 Å². The first-order valence-corrected chi connectivity index (χ1v) is 5.93. The lowest BCUT2D eigenvalue weighted by atomic mass is 10.2. The predicted octanol–water partition coefficient (Wildman–Crippen LogP) is 1.84. The van der Waals surface area contributed by atoms with Crippen molar-refractivity contribution in [3.05, 3.63) is 24.3 Å². The van der Waals surface area contributed by atoms with Crippen molar-refractivity contribution >= 4 is 11.6 Å². The van der Waals surface area contributed by atoms with E-state index in [1.165, 1.54) is 23.1 Å². The number of anilines is 1. The molecule has 0 spiro atoms. The lowest BCUT2D eigenvalue weighted by Crippen LogP contribution is -2.38. The van der Waals surface area contributed by atoms with E-state index in [9.17, 15) is 18.0 Å². The minimum atomic E-state index is -4.77. The first kappa shape index (κ1) is 14.6. The number of carbonyl (C=O) groups is 1. The van der Waals surface area contributed by atoms with Gasteiger partial charge in [-0.3, -0.25) is 15.0 Å². The largest absolute Gasteiger partial charge is 0.573 e. The third kappa shape index (κ3) is 3.40. The fraction of sp³-hybridized carbons (Fsp3) is 0.417. The van der Waals surface area contributed by atoms with Gasteiger partial charge in [0.2, 0.25) is 0 Å². The van der Waals surface area contributed by atoms with Crippen LogP contribution < -0.4 is 15.0 Å². The Hall–Kier alpha value is -1.80. The summed E-state index contributed by atoms with van der Waals surface area (Å²) in [4.78, 5) is 13.2. The first-order chi connectivity index (χ1) is 9.40. The van der Waals surface area contributed by atoms with E-state index in [4.69, 9.17) is 4.74 Å². The zero-order chi connectivity index (χ0) is 14.8. The maximum Gasteiger partial charge on any atom is 0.573 e. The predicted molar refractivity (Wildman–Crippen MR) is 64.0 cm³/mol. The number of hydrogen-bond donors (Lipinski definition) is 1. The Bertz CT molecular complexity index is 493. The van der Waals surface area contributed by atoms with E-state index in [2.05, 4.69) is 10.1 Å². The molecule has 0 aromatic heterocycles. The molecule has 2 rings (SSSR count). The maximum atomic E-state index is 12.2. The van der Waals surface area contributed by atoms with Gasteiger partial charge in [-0.1, -0.05) is 13.0 Å². The van der Waals surface area contributed by atoms with E-state index in [0.29, 0.717) is 6.54 Å². The Morgan fingerprint density at radius 3 is 2.90 bits per heavy atom. The average Bonchev–Trinajstić information content (AvgIpc) is 2.70. The van der Waals surface area contributed by atoms with Crippen molar-refractivity contribution in [1.29, 1.82) is 0 Å². The van der Waals surface area contributed by atoms with E-state index in [-0.39, 0.29) is 24.1 Å². The van der Waals surface area contributed by atoms with Crippen LogP contribution in [0.3, 0.4) is 0 Å². The molecule has 0 aliphatic carbocycles. The van der Waals surface area contributed by atoms with E-state index in [1.54, 1.807) is 0 Å². The Balaban J connectivity index is 2.14. The molecule has 1 atom stereocenters. The van der Waals surface area contributed by atoms with Crippen LogP contribution in [0, 0.1) is 0 Å². The summed E-state index contributed by atoms with van der Waals surface area (Å²) >= 11 is 0. The smallest absolute Gasteiger partial charge is 0.406 e. The molecule has 1 unspecified atom stereocenters. The number of carbonyl (C=O) groups excluding carboxylic acids is 1. The van der Waals surface area contributed by atoms with Crippen LogP contribution in [0.15, 0.2) is 24.3 Å². The molecule has 1 aromatic rings. The van der Waals surface area contributed by atoms with Crippen LogP contribution in [0.1, 0.15) is 6.92 Å². The molecule has 1 saturated heterocycles. The maximum absolute atomic E-state index is 12.2. The summed E-state index contributed by atoms with van der Waals surface area (Å²) in [5.74, 6) is -0.731. The average molecular weight is 290 g/mol. The highest BCUT2D eigenvalue weighted by molar-refractivity contribution is 5.97. The van der Waals surface area contributed by atoms with Crippen LogP contribution in [0.2, 0.25) is 0 Å². The van der Waals surface area contributed by atoms with Gasteiger partial charge in [-0.05, 0) is 18.7 Å². The van der Waals surface area contributed by atoms with Crippen LogP contribution in [-0.4, -0.2) is 31.8 Å². The molecule has 5 nitrogen and oxygen atoms in total. The number of amides is 1. The van der Waals surface area contributed by atoms with Crippen LogP contribution in [0.25, 0.3) is 0 Å². The Morgan fingerprint density at radius 2 is 2.25 bits per heavy atom. The quantitative estimate of drug-likeness (QED) is 0.919. The second kappa shape index (κ2) is 5.68. The highest BCUT2D eigenvalue weighted by atomic mass is 19.4. The van der Waals surface area contributed by atoms with E-state index >= 15 is 0 Å². The molecule has 0 bridgehead atoms. The standard InChI is InChI=1S/C12H13F3N2O3/c1-2-16-10-11(18)17(7-19-10)8-4-3-5-9(6-8)20-12(13,14)15/h3-6,10,16H,2,7H2,1H3. The van der Waals surface area contributed by atoms with Crippen molar-refractivity contribution < 1.29 is 27.4 Å². The highest BCUT2D eigenvalue weighted by Gasteiger charge is 2.34. The topological polar surface area (TPSA) is 50.8 Å². The first-order valence-electron chi connectivity index (χ1n) is 5.93. The summed E-state index contributed by atoms with van der Waals surface area (Å²) in [7, 11) is 0. The van der Waals surface area contributed by atoms with Gasteiger partial charge >= 0.3 is 6.36 Å². The minimum Gasteiger partial charge on any atom is -0.406 e. The highest BCUT2D eigenvalue weighted by Crippen LogP contribution is 2.28. The van der Waals surface area contributed by atoms with Crippen LogP contribution in [0.4, 0.5) is 18.9 Å². The van der Waals surface area contributed by atoms with E-state index in [0.717, 1.165) is 6.07 Å². The summed E-state index contributed by atoms with van der Waals surface area (Å²) < 4.78 is 45.5. The van der Waals surface area contributed by atoms with Gasteiger partial charge in [0, 0.05) is 11.8 Å². The Kier molecular flexibility index (Phi) is 4.15. The molecule has 0 radical (unpaired) electrons. The number of ether oxygens (including phenoxy) is 2. The molecule has 1 fully saturated rings. The normalized spacial score (nSPS) is 19.5. The molecular formula is C12H13F3N2O3. The number of nitrogens with zero attached hydrogens (tertiary/aromatic N) is 1. The molecule has 1 heterocycles. The zero-order valence-corrected chi connectivity index (χ0v) is 10.6. The number of likely N-dealkylation sites (N-methyl/N-ethyl adjacent to an activating group) is 1. The number of alkyl halides is 3. The number of hydrogen-bond acceptors (Lipinski definition) is 4. The molecule has 8 heteroatoms. The molecule has 1 N–H and O–H groups in total. The lowest BCUT2D eigenvalue weighted by molar-refractivity contribution is -0.274. The summed E-state index contributed by atoms with van der Waals surface area (Å²) in [6.45, 7) is 2.34. The summed E-state index contributed by atoms with van der Waals surface area (Å²) in [6.07, 6.45) is -5.54. The third-order valence-electron chi connectivity index (χ3n) is 2.61. The zero-order valence-electron chi connectivity index (χ0n) is 10.6. The molecule has 110 valence electrons. The number of nitrogens with one attached hydrogen (secondary N) is 1. The number of halogens is 3. The molecule has 1 aliphatic rings. The fourth-order valence-corrected chi connectivity index (χ4v) is 1.81. The van der Waals surface area contributed by atoms with Crippen molar-refractivity contribution in [3.63, 3.8) is 0 Å². The summed E-state index contributed by atoms with van der Waals surface area (Å²) in [6, 6.07) is 5.20. The van der Waals surface area contributed by atoms with Gasteiger partial charge in [-0.2, -0.15) is 0 Å². The fourth-order valence-electron chi connectivity index (χ4n) is 1.81. The molecule has 1 amide bonds.